The monoisotopic (exact) mass is 226 g/mol. The number of hydrogen-bond donors (Lipinski definition) is 0. The van der Waals surface area contributed by atoms with Crippen molar-refractivity contribution in [3.8, 4) is 5.75 Å². The van der Waals surface area contributed by atoms with Crippen molar-refractivity contribution in [1.82, 2.24) is 0 Å². The van der Waals surface area contributed by atoms with E-state index in [0.29, 0.717) is 17.9 Å². The lowest BCUT2D eigenvalue weighted by Crippen LogP contribution is -1.98. The minimum absolute atomic E-state index is 0.477. The minimum atomic E-state index is 0.477. The Kier molecular flexibility index (Phi) is 3.55. The Labute approximate surface area is 101 Å². The summed E-state index contributed by atoms with van der Waals surface area (Å²) in [5, 5.41) is 0. The van der Waals surface area contributed by atoms with Crippen LogP contribution >= 0.6 is 0 Å². The van der Waals surface area contributed by atoms with Gasteiger partial charge in [-0.15, -0.1) is 0 Å². The number of aldehydes is 1. The summed E-state index contributed by atoms with van der Waals surface area (Å²) < 4.78 is 5.64. The smallest absolute Gasteiger partial charge is 0.153 e. The van der Waals surface area contributed by atoms with Crippen molar-refractivity contribution in [3.05, 3.63) is 65.2 Å². The molecule has 2 heteroatoms. The second kappa shape index (κ2) is 5.30. The maximum atomic E-state index is 10.9. The third-order valence-corrected chi connectivity index (χ3v) is 2.53. The molecule has 0 aromatic heterocycles. The van der Waals surface area contributed by atoms with E-state index in [0.717, 1.165) is 17.4 Å². The maximum Gasteiger partial charge on any atom is 0.153 e. The van der Waals surface area contributed by atoms with Crippen molar-refractivity contribution in [2.75, 3.05) is 0 Å². The van der Waals surface area contributed by atoms with Gasteiger partial charge < -0.3 is 4.74 Å². The van der Waals surface area contributed by atoms with Crippen LogP contribution in [0, 0.1) is 6.92 Å². The number of carbonyl (C=O) groups excluding carboxylic acids is 1. The molecule has 0 bridgehead atoms. The number of aryl methyl sites for hydroxylation is 1. The van der Waals surface area contributed by atoms with Crippen LogP contribution in [0.25, 0.3) is 0 Å². The zero-order valence-electron chi connectivity index (χ0n) is 9.72. The first-order valence-electron chi connectivity index (χ1n) is 5.52. The number of ether oxygens (including phenoxy) is 1. The molecular formula is C15H14O2. The zero-order chi connectivity index (χ0) is 12.1. The van der Waals surface area contributed by atoms with Gasteiger partial charge in [-0.3, -0.25) is 4.79 Å². The fourth-order valence-corrected chi connectivity index (χ4v) is 1.63. The molecule has 0 amide bonds. The molecule has 0 N–H and O–H groups in total. The Morgan fingerprint density at radius 3 is 2.59 bits per heavy atom. The van der Waals surface area contributed by atoms with Crippen LogP contribution in [0.3, 0.4) is 0 Å². The SMILES string of the molecule is Cc1ccc(OCc2ccccc2)c(C=O)c1. The van der Waals surface area contributed by atoms with Gasteiger partial charge in [0.1, 0.15) is 12.4 Å². The van der Waals surface area contributed by atoms with E-state index in [1.54, 1.807) is 0 Å². The highest BCUT2D eigenvalue weighted by Crippen LogP contribution is 2.19. The number of rotatable bonds is 4. The van der Waals surface area contributed by atoms with Gasteiger partial charge in [-0.1, -0.05) is 42.0 Å². The second-order valence-electron chi connectivity index (χ2n) is 3.93. The van der Waals surface area contributed by atoms with Crippen LogP contribution < -0.4 is 4.74 Å². The van der Waals surface area contributed by atoms with Crippen molar-refractivity contribution < 1.29 is 9.53 Å². The summed E-state index contributed by atoms with van der Waals surface area (Å²) in [5.74, 6) is 0.634. The molecule has 0 saturated carbocycles. The van der Waals surface area contributed by atoms with E-state index < -0.39 is 0 Å². The largest absolute Gasteiger partial charge is 0.488 e. The molecule has 0 aliphatic rings. The van der Waals surface area contributed by atoms with Gasteiger partial charge in [0, 0.05) is 0 Å². The van der Waals surface area contributed by atoms with Crippen LogP contribution in [0.5, 0.6) is 5.75 Å². The van der Waals surface area contributed by atoms with E-state index in [4.69, 9.17) is 4.74 Å². The molecule has 17 heavy (non-hydrogen) atoms. The Morgan fingerprint density at radius 1 is 1.12 bits per heavy atom. The highest BCUT2D eigenvalue weighted by molar-refractivity contribution is 5.79. The highest BCUT2D eigenvalue weighted by atomic mass is 16.5. The van der Waals surface area contributed by atoms with Crippen LogP contribution in [0.1, 0.15) is 21.5 Å². The summed E-state index contributed by atoms with van der Waals surface area (Å²) in [6, 6.07) is 15.5. The van der Waals surface area contributed by atoms with Gasteiger partial charge in [0.05, 0.1) is 5.56 Å². The lowest BCUT2D eigenvalue weighted by Gasteiger charge is -2.08. The van der Waals surface area contributed by atoms with E-state index in [1.807, 2.05) is 55.5 Å². The van der Waals surface area contributed by atoms with Crippen molar-refractivity contribution in [2.45, 2.75) is 13.5 Å². The van der Waals surface area contributed by atoms with E-state index in [1.165, 1.54) is 0 Å². The zero-order valence-corrected chi connectivity index (χ0v) is 9.72. The number of carbonyl (C=O) groups is 1. The van der Waals surface area contributed by atoms with E-state index >= 15 is 0 Å². The van der Waals surface area contributed by atoms with Gasteiger partial charge >= 0.3 is 0 Å². The topological polar surface area (TPSA) is 26.3 Å². The molecule has 0 fully saturated rings. The molecule has 0 saturated heterocycles. The molecule has 0 heterocycles. The van der Waals surface area contributed by atoms with Gasteiger partial charge in [-0.2, -0.15) is 0 Å². The molecule has 0 atom stereocenters. The Balaban J connectivity index is 2.11. The van der Waals surface area contributed by atoms with Crippen LogP contribution in [0.2, 0.25) is 0 Å². The molecule has 2 nitrogen and oxygen atoms in total. The molecule has 2 aromatic carbocycles. The molecule has 0 unspecified atom stereocenters. The van der Waals surface area contributed by atoms with E-state index in [9.17, 15) is 4.79 Å². The summed E-state index contributed by atoms with van der Waals surface area (Å²) in [6.07, 6.45) is 0.827. The third kappa shape index (κ3) is 2.94. The van der Waals surface area contributed by atoms with Gasteiger partial charge in [-0.25, -0.2) is 0 Å². The minimum Gasteiger partial charge on any atom is -0.488 e. The first-order chi connectivity index (χ1) is 8.29. The molecule has 2 aromatic rings. The summed E-state index contributed by atoms with van der Waals surface area (Å²) in [5.41, 5.74) is 2.74. The molecule has 0 aliphatic carbocycles. The molecule has 0 aliphatic heterocycles. The summed E-state index contributed by atoms with van der Waals surface area (Å²) in [6.45, 7) is 2.43. The van der Waals surface area contributed by atoms with Gasteiger partial charge in [0.2, 0.25) is 0 Å². The van der Waals surface area contributed by atoms with Crippen LogP contribution in [0.15, 0.2) is 48.5 Å². The van der Waals surface area contributed by atoms with Crippen molar-refractivity contribution in [1.29, 1.82) is 0 Å². The van der Waals surface area contributed by atoms with Crippen LogP contribution in [-0.4, -0.2) is 6.29 Å². The Bertz CT molecular complexity index is 504. The molecular weight excluding hydrogens is 212 g/mol. The average molecular weight is 226 g/mol. The lowest BCUT2D eigenvalue weighted by atomic mass is 10.1. The Morgan fingerprint density at radius 2 is 1.88 bits per heavy atom. The summed E-state index contributed by atoms with van der Waals surface area (Å²) in [4.78, 5) is 10.9. The molecule has 0 radical (unpaired) electrons. The van der Waals surface area contributed by atoms with Gasteiger partial charge in [0.15, 0.2) is 6.29 Å². The molecule has 0 spiro atoms. The van der Waals surface area contributed by atoms with E-state index in [-0.39, 0.29) is 0 Å². The van der Waals surface area contributed by atoms with Crippen LogP contribution in [0.4, 0.5) is 0 Å². The second-order valence-corrected chi connectivity index (χ2v) is 3.93. The summed E-state index contributed by atoms with van der Waals surface area (Å²) >= 11 is 0. The highest BCUT2D eigenvalue weighted by Gasteiger charge is 2.03. The normalized spacial score (nSPS) is 9.94. The summed E-state index contributed by atoms with van der Waals surface area (Å²) in [7, 11) is 0. The van der Waals surface area contributed by atoms with Gasteiger partial charge in [0.25, 0.3) is 0 Å². The Hall–Kier alpha value is -2.09. The van der Waals surface area contributed by atoms with Crippen molar-refractivity contribution in [3.63, 3.8) is 0 Å². The standard InChI is InChI=1S/C15H14O2/c1-12-7-8-15(14(9-12)10-16)17-11-13-5-3-2-4-6-13/h2-10H,11H2,1H3. The first kappa shape index (κ1) is 11.4. The quantitative estimate of drug-likeness (QED) is 0.747. The third-order valence-electron chi connectivity index (χ3n) is 2.53. The maximum absolute atomic E-state index is 10.9. The average Bonchev–Trinajstić information content (AvgIpc) is 2.38. The predicted molar refractivity (Wildman–Crippen MR) is 67.3 cm³/mol. The van der Waals surface area contributed by atoms with Crippen molar-refractivity contribution in [2.24, 2.45) is 0 Å². The molecule has 86 valence electrons. The van der Waals surface area contributed by atoms with E-state index in [2.05, 4.69) is 0 Å². The van der Waals surface area contributed by atoms with Crippen molar-refractivity contribution >= 4 is 6.29 Å². The number of hydrogen-bond acceptors (Lipinski definition) is 2. The predicted octanol–water partition coefficient (Wildman–Crippen LogP) is 3.39. The van der Waals surface area contributed by atoms with Gasteiger partial charge in [-0.05, 0) is 24.6 Å². The number of benzene rings is 2. The lowest BCUT2D eigenvalue weighted by molar-refractivity contribution is 0.111. The molecule has 2 rings (SSSR count). The first-order valence-corrected chi connectivity index (χ1v) is 5.52. The van der Waals surface area contributed by atoms with Crippen LogP contribution in [-0.2, 0) is 6.61 Å². The fraction of sp³-hybridized carbons (Fsp3) is 0.133. The fourth-order valence-electron chi connectivity index (χ4n) is 1.63.